The molecule has 1 amide bonds. The number of carbonyl (C=O) groups excluding carboxylic acids is 1. The minimum atomic E-state index is -0.344. The van der Waals surface area contributed by atoms with Crippen LogP contribution in [0.25, 0.3) is 21.3 Å². The topological polar surface area (TPSA) is 78.1 Å². The van der Waals surface area contributed by atoms with Crippen LogP contribution in [0.15, 0.2) is 58.7 Å². The molecule has 4 aromatic rings. The van der Waals surface area contributed by atoms with Crippen molar-refractivity contribution in [2.45, 2.75) is 32.7 Å². The molecule has 1 aliphatic rings. The number of carbonyl (C=O) groups is 1. The predicted octanol–water partition coefficient (Wildman–Crippen LogP) is 4.89. The molecule has 1 saturated heterocycles. The number of rotatable bonds is 6. The molecule has 2 aromatic heterocycles. The van der Waals surface area contributed by atoms with Gasteiger partial charge >= 0.3 is 0 Å². The van der Waals surface area contributed by atoms with E-state index in [4.69, 9.17) is 4.98 Å². The van der Waals surface area contributed by atoms with Crippen molar-refractivity contribution in [3.8, 4) is 11.1 Å². The minimum Gasteiger partial charge on any atom is -0.352 e. The maximum Gasteiger partial charge on any atom is 0.270 e. The molecule has 1 fully saturated rings. The van der Waals surface area contributed by atoms with Gasteiger partial charge in [0, 0.05) is 42.1 Å². The Morgan fingerprint density at radius 2 is 1.83 bits per heavy atom. The van der Waals surface area contributed by atoms with Crippen LogP contribution in [0.2, 0.25) is 0 Å². The van der Waals surface area contributed by atoms with E-state index in [1.54, 1.807) is 23.6 Å². The van der Waals surface area contributed by atoms with E-state index in [9.17, 15) is 14.0 Å². The van der Waals surface area contributed by atoms with Gasteiger partial charge in [0.2, 0.25) is 11.9 Å². The number of aromatic nitrogens is 2. The molecule has 0 spiro atoms. The molecule has 0 unspecified atom stereocenters. The third kappa shape index (κ3) is 4.84. The van der Waals surface area contributed by atoms with Crippen LogP contribution in [-0.4, -0.2) is 29.0 Å². The van der Waals surface area contributed by atoms with E-state index in [1.807, 2.05) is 4.90 Å². The number of hydrogen-bond acceptors (Lipinski definition) is 5. The fourth-order valence-electron chi connectivity index (χ4n) is 4.52. The highest BCUT2D eigenvalue weighted by molar-refractivity contribution is 7.17. The quantitative estimate of drug-likeness (QED) is 0.404. The molecule has 2 N–H and O–H groups in total. The smallest absolute Gasteiger partial charge is 0.270 e. The number of nitrogens with one attached hydrogen (secondary N) is 2. The van der Waals surface area contributed by atoms with E-state index in [2.05, 4.69) is 41.5 Å². The highest BCUT2D eigenvalue weighted by Gasteiger charge is 2.26. The Balaban J connectivity index is 1.26. The average Bonchev–Trinajstić information content (AvgIpc) is 3.32. The number of aromatic amines is 1. The first-order valence-corrected chi connectivity index (χ1v) is 12.8. The highest BCUT2D eigenvalue weighted by Crippen LogP contribution is 2.33. The summed E-state index contributed by atoms with van der Waals surface area (Å²) in [6.45, 7) is 3.86. The lowest BCUT2D eigenvalue weighted by Crippen LogP contribution is -2.41. The molecule has 0 bridgehead atoms. The van der Waals surface area contributed by atoms with Crippen molar-refractivity contribution in [3.05, 3.63) is 81.2 Å². The molecular formula is C27H27FN4O2S. The number of anilines is 1. The van der Waals surface area contributed by atoms with Gasteiger partial charge in [-0.2, -0.15) is 0 Å². The fraction of sp³-hybridized carbons (Fsp3) is 0.296. The second kappa shape index (κ2) is 10.00. The zero-order valence-electron chi connectivity index (χ0n) is 19.5. The molecule has 5 rings (SSSR count). The van der Waals surface area contributed by atoms with E-state index in [-0.39, 0.29) is 23.2 Å². The van der Waals surface area contributed by atoms with Crippen molar-refractivity contribution in [1.29, 1.82) is 0 Å². The van der Waals surface area contributed by atoms with Crippen LogP contribution >= 0.6 is 11.3 Å². The van der Waals surface area contributed by atoms with Gasteiger partial charge in [-0.3, -0.25) is 14.6 Å². The Labute approximate surface area is 206 Å². The Morgan fingerprint density at radius 1 is 1.11 bits per heavy atom. The van der Waals surface area contributed by atoms with Crippen LogP contribution in [0.1, 0.15) is 30.9 Å². The molecule has 6 nitrogen and oxygen atoms in total. The molecule has 0 aliphatic carbocycles. The minimum absolute atomic E-state index is 0.0563. The van der Waals surface area contributed by atoms with E-state index >= 15 is 0 Å². The molecule has 1 aliphatic heterocycles. The largest absolute Gasteiger partial charge is 0.352 e. The lowest BCUT2D eigenvalue weighted by atomic mass is 9.96. The SMILES string of the molecule is CCc1ccc(CNC(=O)C2CCN(c3nc4c(-c5ccccc5F)csc4c(=O)[nH]3)CC2)cc1. The summed E-state index contributed by atoms with van der Waals surface area (Å²) in [5, 5.41) is 4.84. The maximum absolute atomic E-state index is 14.4. The fourth-order valence-corrected chi connectivity index (χ4v) is 5.42. The van der Waals surface area contributed by atoms with Crippen LogP contribution in [0.4, 0.5) is 10.3 Å². The van der Waals surface area contributed by atoms with Gasteiger partial charge in [-0.25, -0.2) is 9.37 Å². The number of halogens is 1. The Kier molecular flexibility index (Phi) is 6.63. The second-order valence-corrected chi connectivity index (χ2v) is 9.73. The maximum atomic E-state index is 14.4. The number of thiophene rings is 1. The molecule has 180 valence electrons. The number of nitrogens with zero attached hydrogens (tertiary/aromatic N) is 2. The first-order chi connectivity index (χ1) is 17.0. The Bertz CT molecular complexity index is 1400. The third-order valence-corrected chi connectivity index (χ3v) is 7.61. The summed E-state index contributed by atoms with van der Waals surface area (Å²) in [6, 6.07) is 14.8. The standard InChI is InChI=1S/C27H27FN4O2S/c1-2-17-7-9-18(10-8-17)15-29-25(33)19-11-13-32(14-12-19)27-30-23-21(16-35-24(23)26(34)31-27)20-5-3-4-6-22(20)28/h3-10,16,19H,2,11-15H2,1H3,(H,29,33)(H,30,31,34). The van der Waals surface area contributed by atoms with E-state index < -0.39 is 0 Å². The first-order valence-electron chi connectivity index (χ1n) is 11.9. The van der Waals surface area contributed by atoms with Gasteiger partial charge in [-0.05, 0) is 36.5 Å². The molecule has 0 saturated carbocycles. The van der Waals surface area contributed by atoms with Gasteiger partial charge in [0.15, 0.2) is 0 Å². The zero-order valence-corrected chi connectivity index (χ0v) is 20.3. The van der Waals surface area contributed by atoms with Crippen molar-refractivity contribution >= 4 is 33.4 Å². The van der Waals surface area contributed by atoms with Crippen molar-refractivity contribution in [3.63, 3.8) is 0 Å². The number of fused-ring (bicyclic) bond motifs is 1. The third-order valence-electron chi connectivity index (χ3n) is 6.64. The van der Waals surface area contributed by atoms with Crippen molar-refractivity contribution in [2.75, 3.05) is 18.0 Å². The Morgan fingerprint density at radius 3 is 2.54 bits per heavy atom. The summed E-state index contributed by atoms with van der Waals surface area (Å²) >= 11 is 1.26. The van der Waals surface area contributed by atoms with Crippen molar-refractivity contribution in [1.82, 2.24) is 15.3 Å². The summed E-state index contributed by atoms with van der Waals surface area (Å²) in [7, 11) is 0. The van der Waals surface area contributed by atoms with E-state index in [0.29, 0.717) is 59.8 Å². The van der Waals surface area contributed by atoms with Gasteiger partial charge in [0.05, 0.1) is 5.52 Å². The zero-order chi connectivity index (χ0) is 24.4. The van der Waals surface area contributed by atoms with Crippen LogP contribution in [-0.2, 0) is 17.8 Å². The summed E-state index contributed by atoms with van der Waals surface area (Å²) in [5.41, 5.74) is 3.70. The van der Waals surface area contributed by atoms with E-state index in [0.717, 1.165) is 12.0 Å². The molecule has 3 heterocycles. The van der Waals surface area contributed by atoms with E-state index in [1.165, 1.54) is 23.0 Å². The predicted molar refractivity (Wildman–Crippen MR) is 138 cm³/mol. The van der Waals surface area contributed by atoms with Crippen LogP contribution < -0.4 is 15.8 Å². The van der Waals surface area contributed by atoms with Gasteiger partial charge in [0.25, 0.3) is 5.56 Å². The summed E-state index contributed by atoms with van der Waals surface area (Å²) in [6.07, 6.45) is 2.34. The van der Waals surface area contributed by atoms with Crippen molar-refractivity contribution in [2.24, 2.45) is 5.92 Å². The number of H-pyrrole nitrogens is 1. The molecular weight excluding hydrogens is 463 g/mol. The normalized spacial score (nSPS) is 14.4. The first kappa shape index (κ1) is 23.2. The van der Waals surface area contributed by atoms with Gasteiger partial charge in [-0.15, -0.1) is 11.3 Å². The molecule has 0 radical (unpaired) electrons. The van der Waals surface area contributed by atoms with Crippen LogP contribution in [0.3, 0.4) is 0 Å². The summed E-state index contributed by atoms with van der Waals surface area (Å²) in [4.78, 5) is 35.0. The van der Waals surface area contributed by atoms with Crippen molar-refractivity contribution < 1.29 is 9.18 Å². The lowest BCUT2D eigenvalue weighted by Gasteiger charge is -2.31. The van der Waals surface area contributed by atoms with Gasteiger partial charge < -0.3 is 10.2 Å². The number of benzene rings is 2. The Hall–Kier alpha value is -3.52. The molecule has 8 heteroatoms. The number of amides is 1. The van der Waals surface area contributed by atoms with Gasteiger partial charge in [-0.1, -0.05) is 49.4 Å². The van der Waals surface area contributed by atoms with Crippen LogP contribution in [0, 0.1) is 11.7 Å². The van der Waals surface area contributed by atoms with Crippen LogP contribution in [0.5, 0.6) is 0 Å². The summed E-state index contributed by atoms with van der Waals surface area (Å²) < 4.78 is 14.9. The number of aryl methyl sites for hydroxylation is 1. The molecule has 35 heavy (non-hydrogen) atoms. The molecule has 2 aromatic carbocycles. The van der Waals surface area contributed by atoms with Gasteiger partial charge in [0.1, 0.15) is 10.5 Å². The molecule has 0 atom stereocenters. The number of piperidine rings is 1. The lowest BCUT2D eigenvalue weighted by molar-refractivity contribution is -0.125. The number of hydrogen-bond donors (Lipinski definition) is 2. The monoisotopic (exact) mass is 490 g/mol. The highest BCUT2D eigenvalue weighted by atomic mass is 32.1. The second-order valence-electron chi connectivity index (χ2n) is 8.85. The average molecular weight is 491 g/mol. The summed E-state index contributed by atoms with van der Waals surface area (Å²) in [5.74, 6) is 0.102.